The molecule has 4 nitrogen and oxygen atoms in total. The van der Waals surface area contributed by atoms with Crippen molar-refractivity contribution in [2.45, 2.75) is 18.8 Å². The molecular formula is C17H16N4. The summed E-state index contributed by atoms with van der Waals surface area (Å²) in [6.07, 6.45) is 12.1. The first kappa shape index (κ1) is 12.3. The van der Waals surface area contributed by atoms with Crippen molar-refractivity contribution >= 4 is 0 Å². The van der Waals surface area contributed by atoms with Crippen LogP contribution in [0.5, 0.6) is 0 Å². The first-order valence-electron chi connectivity index (χ1n) is 7.20. The third-order valence-corrected chi connectivity index (χ3v) is 3.90. The average molecular weight is 276 g/mol. The molecule has 0 spiro atoms. The van der Waals surface area contributed by atoms with E-state index in [1.54, 1.807) is 4.68 Å². The molecule has 1 aliphatic rings. The van der Waals surface area contributed by atoms with Crippen molar-refractivity contribution in [3.63, 3.8) is 0 Å². The molecule has 0 unspecified atom stereocenters. The quantitative estimate of drug-likeness (QED) is 0.736. The second kappa shape index (κ2) is 4.81. The SMILES string of the molecule is Cn1cc(-c2cncc(-c3cc(C4CC4)ccn3)c2)cn1. The van der Waals surface area contributed by atoms with Gasteiger partial charge in [0.05, 0.1) is 11.9 Å². The molecule has 3 aromatic heterocycles. The summed E-state index contributed by atoms with van der Waals surface area (Å²) in [4.78, 5) is 8.86. The fourth-order valence-corrected chi connectivity index (χ4v) is 2.58. The van der Waals surface area contributed by atoms with Crippen molar-refractivity contribution in [3.05, 3.63) is 54.7 Å². The van der Waals surface area contributed by atoms with Gasteiger partial charge in [-0.1, -0.05) is 0 Å². The Labute approximate surface area is 123 Å². The summed E-state index contributed by atoms with van der Waals surface area (Å²) in [5.74, 6) is 0.737. The van der Waals surface area contributed by atoms with E-state index in [0.29, 0.717) is 0 Å². The third kappa shape index (κ3) is 2.44. The highest BCUT2D eigenvalue weighted by atomic mass is 15.2. The Morgan fingerprint density at radius 1 is 1.05 bits per heavy atom. The molecule has 0 bridgehead atoms. The van der Waals surface area contributed by atoms with Gasteiger partial charge in [-0.2, -0.15) is 5.10 Å². The Kier molecular flexibility index (Phi) is 2.81. The smallest absolute Gasteiger partial charge is 0.0720 e. The number of nitrogens with zero attached hydrogens (tertiary/aromatic N) is 4. The van der Waals surface area contributed by atoms with Gasteiger partial charge in [0.25, 0.3) is 0 Å². The molecule has 0 N–H and O–H groups in total. The highest BCUT2D eigenvalue weighted by molar-refractivity contribution is 5.69. The largest absolute Gasteiger partial charge is 0.275 e. The van der Waals surface area contributed by atoms with Gasteiger partial charge in [-0.05, 0) is 42.5 Å². The third-order valence-electron chi connectivity index (χ3n) is 3.90. The summed E-state index contributed by atoms with van der Waals surface area (Å²) < 4.78 is 1.80. The zero-order chi connectivity index (χ0) is 14.2. The molecule has 1 aliphatic carbocycles. The zero-order valence-electron chi connectivity index (χ0n) is 11.9. The van der Waals surface area contributed by atoms with Gasteiger partial charge in [-0.25, -0.2) is 0 Å². The normalized spacial score (nSPS) is 14.3. The lowest BCUT2D eigenvalue weighted by Crippen LogP contribution is -1.89. The van der Waals surface area contributed by atoms with Crippen LogP contribution in [0.15, 0.2) is 49.2 Å². The molecule has 3 aromatic rings. The van der Waals surface area contributed by atoms with Gasteiger partial charge in [-0.3, -0.25) is 14.6 Å². The van der Waals surface area contributed by atoms with Crippen LogP contribution in [-0.2, 0) is 7.05 Å². The van der Waals surface area contributed by atoms with Gasteiger partial charge >= 0.3 is 0 Å². The van der Waals surface area contributed by atoms with E-state index in [1.807, 2.05) is 38.0 Å². The van der Waals surface area contributed by atoms with Crippen LogP contribution in [0.25, 0.3) is 22.4 Å². The molecule has 1 fully saturated rings. The van der Waals surface area contributed by atoms with Crippen molar-refractivity contribution < 1.29 is 0 Å². The first-order chi connectivity index (χ1) is 10.3. The van der Waals surface area contributed by atoms with Gasteiger partial charge in [0.1, 0.15) is 0 Å². The summed E-state index contributed by atoms with van der Waals surface area (Å²) in [6.45, 7) is 0. The maximum absolute atomic E-state index is 4.50. The first-order valence-corrected chi connectivity index (χ1v) is 7.20. The maximum Gasteiger partial charge on any atom is 0.0720 e. The highest BCUT2D eigenvalue weighted by Gasteiger charge is 2.23. The Morgan fingerprint density at radius 2 is 1.90 bits per heavy atom. The van der Waals surface area contributed by atoms with E-state index < -0.39 is 0 Å². The minimum Gasteiger partial charge on any atom is -0.275 e. The number of hydrogen-bond acceptors (Lipinski definition) is 3. The predicted molar refractivity (Wildman–Crippen MR) is 81.6 cm³/mol. The molecule has 0 saturated heterocycles. The molecule has 3 heterocycles. The highest BCUT2D eigenvalue weighted by Crippen LogP contribution is 2.40. The predicted octanol–water partition coefficient (Wildman–Crippen LogP) is 3.42. The van der Waals surface area contributed by atoms with Crippen molar-refractivity contribution in [3.8, 4) is 22.4 Å². The lowest BCUT2D eigenvalue weighted by molar-refractivity contribution is 0.768. The van der Waals surface area contributed by atoms with Crippen molar-refractivity contribution in [1.29, 1.82) is 0 Å². The standard InChI is InChI=1S/C17H16N4/c1-21-11-16(10-20-21)14-6-15(9-18-8-14)17-7-13(4-5-19-17)12-2-3-12/h4-12H,2-3H2,1H3. The van der Waals surface area contributed by atoms with Crippen molar-refractivity contribution in [2.24, 2.45) is 7.05 Å². The minimum absolute atomic E-state index is 0.737. The topological polar surface area (TPSA) is 43.6 Å². The molecule has 0 amide bonds. The second-order valence-electron chi connectivity index (χ2n) is 5.61. The fraction of sp³-hybridized carbons (Fsp3) is 0.235. The van der Waals surface area contributed by atoms with Gasteiger partial charge in [-0.15, -0.1) is 0 Å². The monoisotopic (exact) mass is 276 g/mol. The lowest BCUT2D eigenvalue weighted by Gasteiger charge is -2.05. The molecular weight excluding hydrogens is 260 g/mol. The molecule has 21 heavy (non-hydrogen) atoms. The Bertz CT molecular complexity index is 787. The van der Waals surface area contributed by atoms with Crippen LogP contribution in [0.2, 0.25) is 0 Å². The van der Waals surface area contributed by atoms with Gasteiger partial charge < -0.3 is 0 Å². The lowest BCUT2D eigenvalue weighted by atomic mass is 10.1. The molecule has 104 valence electrons. The van der Waals surface area contributed by atoms with E-state index >= 15 is 0 Å². The summed E-state index contributed by atoms with van der Waals surface area (Å²) in [7, 11) is 1.92. The van der Waals surface area contributed by atoms with Crippen LogP contribution in [0.3, 0.4) is 0 Å². The van der Waals surface area contributed by atoms with E-state index in [4.69, 9.17) is 0 Å². The number of rotatable bonds is 3. The zero-order valence-corrected chi connectivity index (χ0v) is 11.9. The van der Waals surface area contributed by atoms with E-state index in [-0.39, 0.29) is 0 Å². The molecule has 0 aliphatic heterocycles. The Balaban J connectivity index is 1.73. The van der Waals surface area contributed by atoms with Crippen LogP contribution in [0.4, 0.5) is 0 Å². The van der Waals surface area contributed by atoms with E-state index in [2.05, 4.69) is 33.3 Å². The summed E-state index contributed by atoms with van der Waals surface area (Å²) in [5.41, 5.74) is 5.59. The molecule has 0 aromatic carbocycles. The fourth-order valence-electron chi connectivity index (χ4n) is 2.58. The van der Waals surface area contributed by atoms with E-state index in [0.717, 1.165) is 28.3 Å². The maximum atomic E-state index is 4.50. The summed E-state index contributed by atoms with van der Waals surface area (Å²) >= 11 is 0. The van der Waals surface area contributed by atoms with Crippen molar-refractivity contribution in [2.75, 3.05) is 0 Å². The molecule has 0 atom stereocenters. The number of aromatic nitrogens is 4. The number of pyridine rings is 2. The van der Waals surface area contributed by atoms with Crippen molar-refractivity contribution in [1.82, 2.24) is 19.7 Å². The summed E-state index contributed by atoms with van der Waals surface area (Å²) in [5, 5.41) is 4.21. The van der Waals surface area contributed by atoms with Crippen LogP contribution < -0.4 is 0 Å². The molecule has 4 heteroatoms. The molecule has 4 rings (SSSR count). The minimum atomic E-state index is 0.737. The average Bonchev–Trinajstić information content (AvgIpc) is 3.29. The van der Waals surface area contributed by atoms with Crippen LogP contribution in [0.1, 0.15) is 24.3 Å². The summed E-state index contributed by atoms with van der Waals surface area (Å²) in [6, 6.07) is 6.45. The number of aryl methyl sites for hydroxylation is 1. The van der Waals surface area contributed by atoms with Gasteiger partial charge in [0.15, 0.2) is 0 Å². The Hall–Kier alpha value is -2.49. The second-order valence-corrected chi connectivity index (χ2v) is 5.61. The molecule has 0 radical (unpaired) electrons. The number of hydrogen-bond donors (Lipinski definition) is 0. The molecule has 1 saturated carbocycles. The van der Waals surface area contributed by atoms with Crippen LogP contribution >= 0.6 is 0 Å². The van der Waals surface area contributed by atoms with Crippen LogP contribution in [-0.4, -0.2) is 19.7 Å². The van der Waals surface area contributed by atoms with Gasteiger partial charge in [0, 0.05) is 48.5 Å². The van der Waals surface area contributed by atoms with Gasteiger partial charge in [0.2, 0.25) is 0 Å². The Morgan fingerprint density at radius 3 is 2.67 bits per heavy atom. The van der Waals surface area contributed by atoms with E-state index in [1.165, 1.54) is 18.4 Å². The van der Waals surface area contributed by atoms with Crippen LogP contribution in [0, 0.1) is 0 Å². The van der Waals surface area contributed by atoms with E-state index in [9.17, 15) is 0 Å².